The number of anilines is 1. The largest absolute Gasteiger partial charge is 0.449 e. The monoisotopic (exact) mass is 571 g/mol. The number of aromatic nitrogens is 4. The maximum absolute atomic E-state index is 12.3. The standard InChI is InChI=1S/C32H50ClN5O2/c1-6-7-8-9-10-11-12-13-14-15-16-17-18-19-22-40-31(39)34-25-20-21-26(24(2)23-25)29-35-30-27(33)28(32(3,4)5)36-38(30)37-29/h20-21,23,36H,6-19,22H2,1-5H3,(H,34,39). The number of unbranched alkanes of at least 4 members (excludes halogenated alkanes) is 13. The number of nitrogens with zero attached hydrogens (tertiary/aromatic N) is 3. The zero-order chi connectivity index (χ0) is 29.0. The van der Waals surface area contributed by atoms with Gasteiger partial charge in [-0.15, -0.1) is 5.10 Å². The molecule has 2 N–H and O–H groups in total. The Labute approximate surface area is 245 Å². The summed E-state index contributed by atoms with van der Waals surface area (Å²) >= 11 is 6.57. The average Bonchev–Trinajstić information content (AvgIpc) is 3.45. The van der Waals surface area contributed by atoms with Crippen molar-refractivity contribution in [2.75, 3.05) is 11.9 Å². The first-order valence-electron chi connectivity index (χ1n) is 15.4. The van der Waals surface area contributed by atoms with E-state index < -0.39 is 6.09 Å². The summed E-state index contributed by atoms with van der Waals surface area (Å²) in [4.78, 5) is 16.9. The zero-order valence-corrected chi connectivity index (χ0v) is 26.1. The van der Waals surface area contributed by atoms with Gasteiger partial charge in [-0.1, -0.05) is 123 Å². The number of amides is 1. The highest BCUT2D eigenvalue weighted by molar-refractivity contribution is 6.34. The highest BCUT2D eigenvalue weighted by Gasteiger charge is 2.24. The maximum Gasteiger partial charge on any atom is 0.411 e. The molecule has 0 atom stereocenters. The molecular formula is C32H50ClN5O2. The Balaban J connectivity index is 1.30. The highest BCUT2D eigenvalue weighted by atomic mass is 35.5. The molecule has 0 aliphatic carbocycles. The summed E-state index contributed by atoms with van der Waals surface area (Å²) < 4.78 is 7.02. The molecule has 0 saturated carbocycles. The number of carbonyl (C=O) groups is 1. The predicted molar refractivity (Wildman–Crippen MR) is 167 cm³/mol. The van der Waals surface area contributed by atoms with Crippen LogP contribution in [-0.2, 0) is 10.2 Å². The topological polar surface area (TPSA) is 84.3 Å². The Morgan fingerprint density at radius 3 is 2.05 bits per heavy atom. The zero-order valence-electron chi connectivity index (χ0n) is 25.4. The number of hydrogen-bond acceptors (Lipinski definition) is 4. The van der Waals surface area contributed by atoms with Crippen LogP contribution in [-0.4, -0.2) is 32.5 Å². The van der Waals surface area contributed by atoms with Crippen molar-refractivity contribution in [3.63, 3.8) is 0 Å². The number of aryl methyl sites for hydroxylation is 1. The van der Waals surface area contributed by atoms with E-state index in [1.54, 1.807) is 4.63 Å². The van der Waals surface area contributed by atoms with E-state index in [1.165, 1.54) is 77.0 Å². The van der Waals surface area contributed by atoms with Gasteiger partial charge in [0.1, 0.15) is 5.02 Å². The third-order valence-electron chi connectivity index (χ3n) is 7.44. The molecular weight excluding hydrogens is 522 g/mol. The summed E-state index contributed by atoms with van der Waals surface area (Å²) in [5.41, 5.74) is 3.89. The lowest BCUT2D eigenvalue weighted by molar-refractivity contribution is 0.159. The van der Waals surface area contributed by atoms with E-state index in [0.717, 1.165) is 29.7 Å². The predicted octanol–water partition coefficient (Wildman–Crippen LogP) is 10.0. The molecule has 0 bridgehead atoms. The summed E-state index contributed by atoms with van der Waals surface area (Å²) in [6, 6.07) is 5.65. The van der Waals surface area contributed by atoms with E-state index in [4.69, 9.17) is 16.3 Å². The summed E-state index contributed by atoms with van der Waals surface area (Å²) in [7, 11) is 0. The Morgan fingerprint density at radius 1 is 0.950 bits per heavy atom. The molecule has 8 heteroatoms. The van der Waals surface area contributed by atoms with Gasteiger partial charge >= 0.3 is 6.09 Å². The number of nitrogens with one attached hydrogen (secondary N) is 2. The first-order chi connectivity index (χ1) is 19.2. The average molecular weight is 572 g/mol. The van der Waals surface area contributed by atoms with Gasteiger partial charge in [0.15, 0.2) is 11.5 Å². The molecule has 2 heterocycles. The van der Waals surface area contributed by atoms with Crippen LogP contribution in [0.15, 0.2) is 18.2 Å². The van der Waals surface area contributed by atoms with Crippen LogP contribution in [0.25, 0.3) is 17.0 Å². The highest BCUT2D eigenvalue weighted by Crippen LogP contribution is 2.32. The molecule has 7 nitrogen and oxygen atoms in total. The van der Waals surface area contributed by atoms with Gasteiger partial charge in [0, 0.05) is 16.7 Å². The molecule has 222 valence electrons. The number of carbonyl (C=O) groups excluding carboxylic acids is 1. The maximum atomic E-state index is 12.3. The van der Waals surface area contributed by atoms with Crippen molar-refractivity contribution in [1.29, 1.82) is 0 Å². The van der Waals surface area contributed by atoms with Crippen molar-refractivity contribution < 1.29 is 9.53 Å². The normalized spacial score (nSPS) is 11.8. The van der Waals surface area contributed by atoms with Gasteiger partial charge in [-0.25, -0.2) is 9.78 Å². The Hall–Kier alpha value is -2.54. The lowest BCUT2D eigenvalue weighted by Gasteiger charge is -2.16. The second-order valence-corrected chi connectivity index (χ2v) is 12.5. The van der Waals surface area contributed by atoms with E-state index in [1.807, 2.05) is 25.1 Å². The lowest BCUT2D eigenvalue weighted by atomic mass is 9.92. The van der Waals surface area contributed by atoms with E-state index in [-0.39, 0.29) is 5.41 Å². The molecule has 0 aliphatic heterocycles. The minimum Gasteiger partial charge on any atom is -0.449 e. The SMILES string of the molecule is CCCCCCCCCCCCCCCCOC(=O)Nc1ccc(-c2nc3c(Cl)c(C(C)(C)C)[nH]n3n2)c(C)c1. The number of halogens is 1. The van der Waals surface area contributed by atoms with Crippen LogP contribution in [0.4, 0.5) is 10.5 Å². The summed E-state index contributed by atoms with van der Waals surface area (Å²) in [5, 5.41) is 11.2. The minimum atomic E-state index is -0.420. The number of hydrogen-bond donors (Lipinski definition) is 2. The van der Waals surface area contributed by atoms with Crippen molar-refractivity contribution in [3.8, 4) is 11.4 Å². The van der Waals surface area contributed by atoms with Crippen LogP contribution in [0.3, 0.4) is 0 Å². The third kappa shape index (κ3) is 9.83. The van der Waals surface area contributed by atoms with Crippen LogP contribution >= 0.6 is 11.6 Å². The van der Waals surface area contributed by atoms with E-state index >= 15 is 0 Å². The molecule has 2 aromatic heterocycles. The number of benzene rings is 1. The van der Waals surface area contributed by atoms with Gasteiger partial charge in [-0.3, -0.25) is 10.4 Å². The molecule has 0 saturated heterocycles. The number of ether oxygens (including phenoxy) is 1. The molecule has 40 heavy (non-hydrogen) atoms. The summed E-state index contributed by atoms with van der Waals surface area (Å²) in [6.07, 6.45) is 17.9. The molecule has 0 fully saturated rings. The van der Waals surface area contributed by atoms with Crippen molar-refractivity contribution in [2.24, 2.45) is 0 Å². The minimum absolute atomic E-state index is 0.135. The van der Waals surface area contributed by atoms with Gasteiger partial charge in [0.25, 0.3) is 0 Å². The molecule has 0 spiro atoms. The van der Waals surface area contributed by atoms with E-state index in [9.17, 15) is 4.79 Å². The number of aromatic amines is 1. The fourth-order valence-electron chi connectivity index (χ4n) is 5.02. The van der Waals surface area contributed by atoms with Crippen LogP contribution in [0.1, 0.15) is 129 Å². The fraction of sp³-hybridized carbons (Fsp3) is 0.656. The first-order valence-corrected chi connectivity index (χ1v) is 15.8. The van der Waals surface area contributed by atoms with Crippen LogP contribution < -0.4 is 5.32 Å². The quantitative estimate of drug-likeness (QED) is 0.158. The Bertz CT molecular complexity index is 1190. The van der Waals surface area contributed by atoms with Crippen molar-refractivity contribution in [3.05, 3.63) is 34.5 Å². The molecule has 0 unspecified atom stereocenters. The van der Waals surface area contributed by atoms with E-state index in [2.05, 4.69) is 48.2 Å². The summed E-state index contributed by atoms with van der Waals surface area (Å²) in [6.45, 7) is 11.0. The van der Waals surface area contributed by atoms with E-state index in [0.29, 0.717) is 28.8 Å². The number of fused-ring (bicyclic) bond motifs is 1. The van der Waals surface area contributed by atoms with Crippen LogP contribution in [0, 0.1) is 6.92 Å². The van der Waals surface area contributed by atoms with Gasteiger partial charge in [0.2, 0.25) is 0 Å². The molecule has 1 amide bonds. The van der Waals surface area contributed by atoms with Crippen LogP contribution in [0.5, 0.6) is 0 Å². The van der Waals surface area contributed by atoms with Gasteiger partial charge in [-0.05, 0) is 37.1 Å². The third-order valence-corrected chi connectivity index (χ3v) is 7.79. The molecule has 3 rings (SSSR count). The Kier molecular flexibility index (Phi) is 12.8. The molecule has 0 aliphatic rings. The second kappa shape index (κ2) is 16.0. The first kappa shape index (κ1) is 32.0. The lowest BCUT2D eigenvalue weighted by Crippen LogP contribution is -2.14. The molecule has 3 aromatic rings. The molecule has 1 aromatic carbocycles. The summed E-state index contributed by atoms with van der Waals surface area (Å²) in [5.74, 6) is 0.582. The van der Waals surface area contributed by atoms with Crippen molar-refractivity contribution in [1.82, 2.24) is 19.8 Å². The van der Waals surface area contributed by atoms with Crippen molar-refractivity contribution in [2.45, 2.75) is 130 Å². The molecule has 0 radical (unpaired) electrons. The fourth-order valence-corrected chi connectivity index (χ4v) is 5.47. The number of rotatable bonds is 17. The van der Waals surface area contributed by atoms with Gasteiger partial charge < -0.3 is 4.74 Å². The van der Waals surface area contributed by atoms with Gasteiger partial charge in [0.05, 0.1) is 12.3 Å². The smallest absolute Gasteiger partial charge is 0.411 e. The van der Waals surface area contributed by atoms with Crippen LogP contribution in [0.2, 0.25) is 5.02 Å². The number of H-pyrrole nitrogens is 1. The van der Waals surface area contributed by atoms with Crippen molar-refractivity contribution >= 4 is 29.0 Å². The second-order valence-electron chi connectivity index (χ2n) is 12.1. The van der Waals surface area contributed by atoms with Gasteiger partial charge in [-0.2, -0.15) is 4.63 Å². The Morgan fingerprint density at radius 2 is 1.52 bits per heavy atom.